The summed E-state index contributed by atoms with van der Waals surface area (Å²) in [6.45, 7) is 0.830. The van der Waals surface area contributed by atoms with Crippen molar-refractivity contribution in [1.29, 1.82) is 0 Å². The van der Waals surface area contributed by atoms with Gasteiger partial charge in [-0.15, -0.1) is 0 Å². The topological polar surface area (TPSA) is 71.9 Å². The average Bonchev–Trinajstić information content (AvgIpc) is 2.58. The number of aromatic nitrogens is 4. The summed E-state index contributed by atoms with van der Waals surface area (Å²) in [4.78, 5) is 30.7. The molecule has 0 N–H and O–H groups in total. The summed E-state index contributed by atoms with van der Waals surface area (Å²) in [7, 11) is 0. The highest BCUT2D eigenvalue weighted by atomic mass is 19.3. The predicted molar refractivity (Wildman–Crippen MR) is 79.9 cm³/mol. The first-order chi connectivity index (χ1) is 11.5. The average molecular weight is 331 g/mol. The van der Waals surface area contributed by atoms with Crippen LogP contribution in [0.15, 0.2) is 25.0 Å². The van der Waals surface area contributed by atoms with E-state index in [9.17, 15) is 13.6 Å². The van der Waals surface area contributed by atoms with Crippen LogP contribution in [0.5, 0.6) is 0 Å². The monoisotopic (exact) mass is 331 g/mol. The lowest BCUT2D eigenvalue weighted by molar-refractivity contribution is -0.160. The molecule has 1 fully saturated rings. The first-order valence-electron chi connectivity index (χ1n) is 7.78. The first kappa shape index (κ1) is 15.0. The zero-order valence-corrected chi connectivity index (χ0v) is 12.8. The van der Waals surface area contributed by atoms with Gasteiger partial charge in [-0.2, -0.15) is 0 Å². The van der Waals surface area contributed by atoms with Gasteiger partial charge >= 0.3 is 0 Å². The Morgan fingerprint density at radius 1 is 1.17 bits per heavy atom. The number of carbonyl (C=O) groups is 1. The maximum Gasteiger partial charge on any atom is 0.249 e. The van der Waals surface area contributed by atoms with Crippen molar-refractivity contribution >= 4 is 5.91 Å². The van der Waals surface area contributed by atoms with Gasteiger partial charge in [0, 0.05) is 61.8 Å². The Labute approximate surface area is 137 Å². The molecule has 2 aromatic heterocycles. The fourth-order valence-corrected chi connectivity index (χ4v) is 3.29. The molecule has 2 aromatic rings. The summed E-state index contributed by atoms with van der Waals surface area (Å²) in [6, 6.07) is 0. The van der Waals surface area contributed by atoms with Gasteiger partial charge < -0.3 is 4.90 Å². The molecule has 3 heterocycles. The first-order valence-corrected chi connectivity index (χ1v) is 7.78. The number of fused-ring (bicyclic) bond motifs is 1. The van der Waals surface area contributed by atoms with Gasteiger partial charge in [-0.3, -0.25) is 4.79 Å². The van der Waals surface area contributed by atoms with Crippen LogP contribution in [-0.4, -0.2) is 43.2 Å². The van der Waals surface area contributed by atoms with Crippen LogP contribution < -0.4 is 0 Å². The van der Waals surface area contributed by atoms with Crippen molar-refractivity contribution in [2.75, 3.05) is 6.54 Å². The summed E-state index contributed by atoms with van der Waals surface area (Å²) >= 11 is 0. The van der Waals surface area contributed by atoms with Crippen LogP contribution in [-0.2, 0) is 17.8 Å². The van der Waals surface area contributed by atoms with Crippen molar-refractivity contribution in [2.45, 2.75) is 31.7 Å². The van der Waals surface area contributed by atoms with Gasteiger partial charge in [0.2, 0.25) is 11.8 Å². The highest BCUT2D eigenvalue weighted by molar-refractivity contribution is 5.80. The minimum absolute atomic E-state index is 0.203. The zero-order valence-electron chi connectivity index (χ0n) is 12.8. The molecule has 24 heavy (non-hydrogen) atoms. The van der Waals surface area contributed by atoms with Crippen LogP contribution in [0.2, 0.25) is 0 Å². The van der Waals surface area contributed by atoms with Crippen molar-refractivity contribution in [2.24, 2.45) is 5.92 Å². The molecule has 2 aliphatic rings. The maximum absolute atomic E-state index is 13.0. The van der Waals surface area contributed by atoms with E-state index in [0.717, 1.165) is 16.8 Å². The molecule has 0 unspecified atom stereocenters. The normalized spacial score (nSPS) is 19.5. The predicted octanol–water partition coefficient (Wildman–Crippen LogP) is 1.86. The van der Waals surface area contributed by atoms with E-state index in [1.807, 2.05) is 0 Å². The van der Waals surface area contributed by atoms with Gasteiger partial charge in [-0.05, 0) is 0 Å². The summed E-state index contributed by atoms with van der Waals surface area (Å²) in [5.74, 6) is -3.47. The van der Waals surface area contributed by atoms with Gasteiger partial charge in [0.1, 0.15) is 12.7 Å². The van der Waals surface area contributed by atoms with Gasteiger partial charge in [0.05, 0.1) is 11.4 Å². The molecule has 0 radical (unpaired) electrons. The highest BCUT2D eigenvalue weighted by Crippen LogP contribution is 2.43. The number of amides is 1. The molecule has 0 bridgehead atoms. The number of hydrogen-bond acceptors (Lipinski definition) is 5. The van der Waals surface area contributed by atoms with Gasteiger partial charge in [0.15, 0.2) is 0 Å². The van der Waals surface area contributed by atoms with E-state index in [4.69, 9.17) is 0 Å². The van der Waals surface area contributed by atoms with E-state index in [-0.39, 0.29) is 18.7 Å². The molecular weight excluding hydrogens is 316 g/mol. The molecule has 0 aromatic carbocycles. The molecule has 1 saturated carbocycles. The van der Waals surface area contributed by atoms with Crippen molar-refractivity contribution in [3.63, 3.8) is 0 Å². The largest absolute Gasteiger partial charge is 0.338 e. The lowest BCUT2D eigenvalue weighted by atomic mass is 9.80. The third-order valence-electron chi connectivity index (χ3n) is 4.59. The lowest BCUT2D eigenvalue weighted by Crippen LogP contribution is -2.48. The van der Waals surface area contributed by atoms with E-state index in [1.165, 1.54) is 12.7 Å². The second-order valence-corrected chi connectivity index (χ2v) is 6.25. The fraction of sp³-hybridized carbons (Fsp3) is 0.438. The summed E-state index contributed by atoms with van der Waals surface area (Å²) < 4.78 is 26.1. The molecule has 4 rings (SSSR count). The quantitative estimate of drug-likeness (QED) is 0.840. The van der Waals surface area contributed by atoms with Crippen LogP contribution in [0.3, 0.4) is 0 Å². The molecule has 8 heteroatoms. The van der Waals surface area contributed by atoms with E-state index in [2.05, 4.69) is 19.9 Å². The number of nitrogens with zero attached hydrogens (tertiary/aromatic N) is 5. The minimum atomic E-state index is -2.69. The number of halogens is 2. The molecular formula is C16H15F2N5O. The zero-order chi connectivity index (χ0) is 16.7. The Kier molecular flexibility index (Phi) is 3.47. The fourth-order valence-electron chi connectivity index (χ4n) is 3.29. The Hall–Kier alpha value is -2.51. The number of rotatable bonds is 2. The minimum Gasteiger partial charge on any atom is -0.338 e. The lowest BCUT2D eigenvalue weighted by Gasteiger charge is -2.38. The molecule has 124 valence electrons. The molecule has 0 spiro atoms. The molecule has 0 atom stereocenters. The summed E-state index contributed by atoms with van der Waals surface area (Å²) in [6.07, 6.45) is 6.13. The van der Waals surface area contributed by atoms with Crippen LogP contribution >= 0.6 is 0 Å². The van der Waals surface area contributed by atoms with Crippen molar-refractivity contribution in [1.82, 2.24) is 24.8 Å². The van der Waals surface area contributed by atoms with Gasteiger partial charge in [-0.25, -0.2) is 28.7 Å². The number of carbonyl (C=O) groups excluding carboxylic acids is 1. The van der Waals surface area contributed by atoms with Crippen LogP contribution in [0, 0.1) is 5.92 Å². The SMILES string of the molecule is O=C(C1CC(F)(F)C1)N1CCc2ncnc(-c3cncnc3)c2C1. The summed E-state index contributed by atoms with van der Waals surface area (Å²) in [5.41, 5.74) is 3.17. The van der Waals surface area contributed by atoms with Gasteiger partial charge in [-0.1, -0.05) is 0 Å². The summed E-state index contributed by atoms with van der Waals surface area (Å²) in [5, 5.41) is 0. The molecule has 1 aliphatic heterocycles. The van der Waals surface area contributed by atoms with Crippen LogP contribution in [0.25, 0.3) is 11.3 Å². The number of alkyl halides is 2. The van der Waals surface area contributed by atoms with Gasteiger partial charge in [0.25, 0.3) is 0 Å². The molecule has 6 nitrogen and oxygen atoms in total. The highest BCUT2D eigenvalue weighted by Gasteiger charge is 2.50. The standard InChI is InChI=1S/C16H15F2N5O/c17-16(18)3-10(4-16)15(24)23-2-1-13-12(7-23)14(22-9-21-13)11-5-19-8-20-6-11/h5-6,8-10H,1-4,7H2. The molecule has 1 aliphatic carbocycles. The van der Waals surface area contributed by atoms with Crippen molar-refractivity contribution < 1.29 is 13.6 Å². The molecule has 0 saturated heterocycles. The van der Waals surface area contributed by atoms with E-state index < -0.39 is 11.8 Å². The Morgan fingerprint density at radius 3 is 2.62 bits per heavy atom. The molecule has 1 amide bonds. The van der Waals surface area contributed by atoms with E-state index >= 15 is 0 Å². The third-order valence-corrected chi connectivity index (χ3v) is 4.59. The van der Waals surface area contributed by atoms with Crippen molar-refractivity contribution in [3.8, 4) is 11.3 Å². The van der Waals surface area contributed by atoms with E-state index in [0.29, 0.717) is 25.2 Å². The Morgan fingerprint density at radius 2 is 1.92 bits per heavy atom. The third kappa shape index (κ3) is 2.61. The van der Waals surface area contributed by atoms with Crippen LogP contribution in [0.1, 0.15) is 24.1 Å². The van der Waals surface area contributed by atoms with Crippen LogP contribution in [0.4, 0.5) is 8.78 Å². The maximum atomic E-state index is 13.0. The van der Waals surface area contributed by atoms with E-state index in [1.54, 1.807) is 17.3 Å². The number of hydrogen-bond donors (Lipinski definition) is 0. The van der Waals surface area contributed by atoms with Crippen molar-refractivity contribution in [3.05, 3.63) is 36.3 Å². The Bertz CT molecular complexity index is 775. The second-order valence-electron chi connectivity index (χ2n) is 6.25. The second kappa shape index (κ2) is 5.54. The Balaban J connectivity index is 1.59. The smallest absolute Gasteiger partial charge is 0.249 e.